The Labute approximate surface area is 117 Å². The van der Waals surface area contributed by atoms with Crippen LogP contribution in [0.25, 0.3) is 0 Å². The van der Waals surface area contributed by atoms with Crippen molar-refractivity contribution in [2.24, 2.45) is 5.92 Å². The first-order chi connectivity index (χ1) is 9.38. The van der Waals surface area contributed by atoms with E-state index in [9.17, 15) is 9.59 Å². The second-order valence-corrected chi connectivity index (χ2v) is 4.87. The van der Waals surface area contributed by atoms with Gasteiger partial charge in [0.25, 0.3) is 5.91 Å². The van der Waals surface area contributed by atoms with E-state index in [1.807, 2.05) is 13.8 Å². The molecule has 1 amide bonds. The lowest BCUT2D eigenvalue weighted by Gasteiger charge is -2.16. The third-order valence-corrected chi connectivity index (χ3v) is 2.55. The van der Waals surface area contributed by atoms with Crippen LogP contribution in [0.3, 0.4) is 0 Å². The van der Waals surface area contributed by atoms with E-state index in [2.05, 4.69) is 5.32 Å². The average Bonchev–Trinajstić information content (AvgIpc) is 2.36. The number of rotatable bonds is 7. The minimum absolute atomic E-state index is 0.102. The highest BCUT2D eigenvalue weighted by Gasteiger charge is 2.21. The molecule has 20 heavy (non-hydrogen) atoms. The molecule has 1 rings (SSSR count). The first kappa shape index (κ1) is 15.8. The summed E-state index contributed by atoms with van der Waals surface area (Å²) < 4.78 is 5.19. The van der Waals surface area contributed by atoms with Gasteiger partial charge in [-0.2, -0.15) is 0 Å². The monoisotopic (exact) mass is 281 g/mol. The van der Waals surface area contributed by atoms with Crippen LogP contribution >= 0.6 is 0 Å². The fourth-order valence-electron chi connectivity index (χ4n) is 1.62. The van der Waals surface area contributed by atoms with E-state index in [1.54, 1.807) is 0 Å². The van der Waals surface area contributed by atoms with E-state index in [-0.39, 0.29) is 18.3 Å². The van der Waals surface area contributed by atoms with E-state index >= 15 is 0 Å². The van der Waals surface area contributed by atoms with Crippen LogP contribution in [0, 0.1) is 5.92 Å². The molecular formula is C14H19NO5. The molecule has 0 heterocycles. The standard InChI is InChI=1S/C14H19NO5/c1-9(2)7-12(14(18)19)15-13(17)8-20-11-5-3-10(16)4-6-11/h3-6,9,12,16H,7-8H2,1-2H3,(H,15,17)(H,18,19). The van der Waals surface area contributed by atoms with E-state index in [1.165, 1.54) is 24.3 Å². The van der Waals surface area contributed by atoms with Crippen molar-refractivity contribution in [2.45, 2.75) is 26.3 Å². The van der Waals surface area contributed by atoms with Gasteiger partial charge in [-0.05, 0) is 36.6 Å². The Hall–Kier alpha value is -2.24. The SMILES string of the molecule is CC(C)CC(NC(=O)COc1ccc(O)cc1)C(=O)O. The first-order valence-corrected chi connectivity index (χ1v) is 6.32. The number of amides is 1. The van der Waals surface area contributed by atoms with E-state index in [0.29, 0.717) is 12.2 Å². The summed E-state index contributed by atoms with van der Waals surface area (Å²) in [6.07, 6.45) is 0.361. The number of phenols is 1. The quantitative estimate of drug-likeness (QED) is 0.702. The van der Waals surface area contributed by atoms with Crippen LogP contribution in [0.2, 0.25) is 0 Å². The average molecular weight is 281 g/mol. The number of nitrogens with one attached hydrogen (secondary N) is 1. The van der Waals surface area contributed by atoms with E-state index in [4.69, 9.17) is 14.9 Å². The highest BCUT2D eigenvalue weighted by atomic mass is 16.5. The third-order valence-electron chi connectivity index (χ3n) is 2.55. The molecule has 6 nitrogen and oxygen atoms in total. The topological polar surface area (TPSA) is 95.9 Å². The molecule has 0 aromatic heterocycles. The minimum atomic E-state index is -1.06. The van der Waals surface area contributed by atoms with Gasteiger partial charge in [-0.25, -0.2) is 4.79 Å². The fraction of sp³-hybridized carbons (Fsp3) is 0.429. The van der Waals surface area contributed by atoms with E-state index in [0.717, 1.165) is 0 Å². The molecule has 0 spiro atoms. The normalized spacial score (nSPS) is 11.9. The molecule has 1 unspecified atom stereocenters. The molecule has 0 radical (unpaired) electrons. The number of carboxylic acid groups (broad SMARTS) is 1. The second-order valence-electron chi connectivity index (χ2n) is 4.87. The molecule has 0 saturated carbocycles. The molecule has 0 bridgehead atoms. The Morgan fingerprint density at radius 2 is 1.85 bits per heavy atom. The Balaban J connectivity index is 2.45. The van der Waals surface area contributed by atoms with Gasteiger partial charge in [0.15, 0.2) is 6.61 Å². The number of aromatic hydroxyl groups is 1. The lowest BCUT2D eigenvalue weighted by Crippen LogP contribution is -2.43. The zero-order valence-corrected chi connectivity index (χ0v) is 11.5. The van der Waals surface area contributed by atoms with Crippen LogP contribution in [0.1, 0.15) is 20.3 Å². The van der Waals surface area contributed by atoms with Crippen LogP contribution in [0.5, 0.6) is 11.5 Å². The van der Waals surface area contributed by atoms with Crippen LogP contribution in [0.15, 0.2) is 24.3 Å². The van der Waals surface area contributed by atoms with E-state index < -0.39 is 17.9 Å². The highest BCUT2D eigenvalue weighted by Crippen LogP contribution is 2.15. The molecule has 0 aliphatic heterocycles. The highest BCUT2D eigenvalue weighted by molar-refractivity contribution is 5.84. The van der Waals surface area contributed by atoms with Crippen molar-refractivity contribution < 1.29 is 24.5 Å². The molecule has 0 aliphatic rings. The fourth-order valence-corrected chi connectivity index (χ4v) is 1.62. The summed E-state index contributed by atoms with van der Waals surface area (Å²) in [6.45, 7) is 3.50. The maximum absolute atomic E-state index is 11.6. The van der Waals surface area contributed by atoms with Crippen molar-refractivity contribution in [3.63, 3.8) is 0 Å². The maximum atomic E-state index is 11.6. The van der Waals surface area contributed by atoms with Gasteiger partial charge in [0, 0.05) is 0 Å². The number of benzene rings is 1. The number of ether oxygens (including phenoxy) is 1. The van der Waals surface area contributed by atoms with Crippen molar-refractivity contribution in [3.05, 3.63) is 24.3 Å². The molecule has 6 heteroatoms. The Bertz CT molecular complexity index is 455. The third kappa shape index (κ3) is 5.60. The second kappa shape index (κ2) is 7.37. The zero-order chi connectivity index (χ0) is 15.1. The minimum Gasteiger partial charge on any atom is -0.508 e. The number of phenolic OH excluding ortho intramolecular Hbond substituents is 1. The molecular weight excluding hydrogens is 262 g/mol. The number of aliphatic carboxylic acids is 1. The van der Waals surface area contributed by atoms with Gasteiger partial charge in [-0.3, -0.25) is 4.79 Å². The van der Waals surface area contributed by atoms with Crippen molar-refractivity contribution >= 4 is 11.9 Å². The lowest BCUT2D eigenvalue weighted by atomic mass is 10.0. The predicted octanol–water partition coefficient (Wildman–Crippen LogP) is 1.39. The van der Waals surface area contributed by atoms with Gasteiger partial charge in [0.1, 0.15) is 17.5 Å². The molecule has 0 aliphatic carbocycles. The molecule has 1 aromatic carbocycles. The van der Waals surface area contributed by atoms with Crippen LogP contribution in [0.4, 0.5) is 0 Å². The van der Waals surface area contributed by atoms with Gasteiger partial charge in [0.2, 0.25) is 0 Å². The number of hydrogen-bond donors (Lipinski definition) is 3. The van der Waals surface area contributed by atoms with Gasteiger partial charge < -0.3 is 20.3 Å². The zero-order valence-electron chi connectivity index (χ0n) is 11.5. The Kier molecular flexibility index (Phi) is 5.83. The number of carboxylic acids is 1. The van der Waals surface area contributed by atoms with Crippen LogP contribution in [-0.2, 0) is 9.59 Å². The Morgan fingerprint density at radius 3 is 2.35 bits per heavy atom. The first-order valence-electron chi connectivity index (χ1n) is 6.32. The van der Waals surface area contributed by atoms with Crippen molar-refractivity contribution in [2.75, 3.05) is 6.61 Å². The molecule has 0 fully saturated rings. The van der Waals surface area contributed by atoms with Crippen molar-refractivity contribution in [3.8, 4) is 11.5 Å². The van der Waals surface area contributed by atoms with Gasteiger partial charge >= 0.3 is 5.97 Å². The smallest absolute Gasteiger partial charge is 0.326 e. The summed E-state index contributed by atoms with van der Waals surface area (Å²) in [5.41, 5.74) is 0. The summed E-state index contributed by atoms with van der Waals surface area (Å²) in [5, 5.41) is 20.5. The largest absolute Gasteiger partial charge is 0.508 e. The summed E-state index contributed by atoms with van der Waals surface area (Å²) in [7, 11) is 0. The molecule has 1 atom stereocenters. The predicted molar refractivity (Wildman–Crippen MR) is 72.6 cm³/mol. The molecule has 1 aromatic rings. The molecule has 110 valence electrons. The molecule has 3 N–H and O–H groups in total. The van der Waals surface area contributed by atoms with Crippen molar-refractivity contribution in [1.29, 1.82) is 0 Å². The lowest BCUT2D eigenvalue weighted by molar-refractivity contribution is -0.142. The summed E-state index contributed by atoms with van der Waals surface area (Å²) in [4.78, 5) is 22.6. The maximum Gasteiger partial charge on any atom is 0.326 e. The summed E-state index contributed by atoms with van der Waals surface area (Å²) >= 11 is 0. The van der Waals surface area contributed by atoms with Gasteiger partial charge in [0.05, 0.1) is 0 Å². The van der Waals surface area contributed by atoms with Gasteiger partial charge in [-0.1, -0.05) is 13.8 Å². The number of hydrogen-bond acceptors (Lipinski definition) is 4. The summed E-state index contributed by atoms with van der Waals surface area (Å²) in [6, 6.07) is 5.00. The van der Waals surface area contributed by atoms with Crippen LogP contribution in [-0.4, -0.2) is 34.7 Å². The van der Waals surface area contributed by atoms with Gasteiger partial charge in [-0.15, -0.1) is 0 Å². The van der Waals surface area contributed by atoms with Crippen molar-refractivity contribution in [1.82, 2.24) is 5.32 Å². The summed E-state index contributed by atoms with van der Waals surface area (Å²) in [5.74, 6) is -0.865. The Morgan fingerprint density at radius 1 is 1.25 bits per heavy atom. The number of carbonyl (C=O) groups is 2. The van der Waals surface area contributed by atoms with Crippen LogP contribution < -0.4 is 10.1 Å². The molecule has 0 saturated heterocycles. The number of carbonyl (C=O) groups excluding carboxylic acids is 1.